The van der Waals surface area contributed by atoms with Crippen LogP contribution in [0, 0.1) is 0 Å². The second-order valence-corrected chi connectivity index (χ2v) is 2.93. The first-order valence-corrected chi connectivity index (χ1v) is 4.35. The molecule has 0 aromatic rings. The lowest BCUT2D eigenvalue weighted by molar-refractivity contribution is -0.134. The molecule has 0 aromatic carbocycles. The molecule has 3 nitrogen and oxygen atoms in total. The molecular formula is C9H15NO2. The van der Waals surface area contributed by atoms with Crippen LogP contribution in [-0.2, 0) is 9.53 Å². The highest BCUT2D eigenvalue weighted by Crippen LogP contribution is 2.10. The van der Waals surface area contributed by atoms with Gasteiger partial charge in [0.15, 0.2) is 0 Å². The van der Waals surface area contributed by atoms with Gasteiger partial charge in [-0.1, -0.05) is 6.42 Å². The van der Waals surface area contributed by atoms with Crippen LogP contribution < -0.4 is 5.32 Å². The molecular weight excluding hydrogens is 154 g/mol. The summed E-state index contributed by atoms with van der Waals surface area (Å²) < 4.78 is 4.54. The van der Waals surface area contributed by atoms with Crippen molar-refractivity contribution >= 4 is 5.97 Å². The van der Waals surface area contributed by atoms with Gasteiger partial charge in [0.25, 0.3) is 0 Å². The fourth-order valence-electron chi connectivity index (χ4n) is 1.28. The van der Waals surface area contributed by atoms with Crippen LogP contribution in [0.15, 0.2) is 11.8 Å². The van der Waals surface area contributed by atoms with E-state index in [1.807, 2.05) is 0 Å². The van der Waals surface area contributed by atoms with E-state index in [2.05, 4.69) is 10.1 Å². The van der Waals surface area contributed by atoms with Gasteiger partial charge >= 0.3 is 5.97 Å². The first-order valence-electron chi connectivity index (χ1n) is 4.35. The number of allylic oxidation sites excluding steroid dienone is 1. The van der Waals surface area contributed by atoms with Crippen LogP contribution in [-0.4, -0.2) is 19.6 Å². The molecule has 1 N–H and O–H groups in total. The lowest BCUT2D eigenvalue weighted by Gasteiger charge is -2.04. The van der Waals surface area contributed by atoms with E-state index in [-0.39, 0.29) is 5.97 Å². The van der Waals surface area contributed by atoms with E-state index in [0.29, 0.717) is 0 Å². The smallest absolute Gasteiger partial charge is 0.332 e. The summed E-state index contributed by atoms with van der Waals surface area (Å²) in [5.74, 6) is -0.264. The quantitative estimate of drug-likeness (QED) is 0.473. The normalized spacial score (nSPS) is 21.2. The molecule has 0 unspecified atom stereocenters. The van der Waals surface area contributed by atoms with Gasteiger partial charge in [-0.2, -0.15) is 0 Å². The minimum Gasteiger partial charge on any atom is -0.466 e. The van der Waals surface area contributed by atoms with E-state index in [0.717, 1.165) is 25.1 Å². The maximum atomic E-state index is 10.9. The van der Waals surface area contributed by atoms with E-state index in [1.165, 1.54) is 20.0 Å². The average molecular weight is 169 g/mol. The molecule has 0 bridgehead atoms. The zero-order chi connectivity index (χ0) is 8.81. The van der Waals surface area contributed by atoms with Crippen molar-refractivity contribution in [1.29, 1.82) is 0 Å². The summed E-state index contributed by atoms with van der Waals surface area (Å²) in [4.78, 5) is 10.9. The van der Waals surface area contributed by atoms with Gasteiger partial charge in [-0.25, -0.2) is 4.79 Å². The predicted octanol–water partition coefficient (Wildman–Crippen LogP) is 1.21. The molecule has 0 radical (unpaired) electrons. The number of nitrogens with one attached hydrogen (secondary N) is 1. The summed E-state index contributed by atoms with van der Waals surface area (Å²) in [5.41, 5.74) is 1.01. The second kappa shape index (κ2) is 4.80. The van der Waals surface area contributed by atoms with Crippen molar-refractivity contribution in [2.45, 2.75) is 25.7 Å². The zero-order valence-electron chi connectivity index (χ0n) is 7.43. The van der Waals surface area contributed by atoms with Gasteiger partial charge in [0.1, 0.15) is 0 Å². The molecule has 12 heavy (non-hydrogen) atoms. The summed E-state index contributed by atoms with van der Waals surface area (Å²) in [6, 6.07) is 0. The van der Waals surface area contributed by atoms with Gasteiger partial charge in [-0.3, -0.25) is 0 Å². The Morgan fingerprint density at radius 3 is 3.08 bits per heavy atom. The Bertz CT molecular complexity index is 177. The first-order chi connectivity index (χ1) is 5.83. The molecule has 1 heterocycles. The van der Waals surface area contributed by atoms with Crippen LogP contribution in [0.2, 0.25) is 0 Å². The first kappa shape index (κ1) is 9.10. The Morgan fingerprint density at radius 1 is 1.50 bits per heavy atom. The Hall–Kier alpha value is -0.990. The lowest BCUT2D eigenvalue weighted by atomic mass is 10.2. The van der Waals surface area contributed by atoms with Crippen LogP contribution >= 0.6 is 0 Å². The molecule has 0 aromatic heterocycles. The third-order valence-corrected chi connectivity index (χ3v) is 1.97. The van der Waals surface area contributed by atoms with Crippen molar-refractivity contribution in [3.05, 3.63) is 11.8 Å². The SMILES string of the molecule is COC(=O)/C=C1/CCCCCN1. The zero-order valence-corrected chi connectivity index (χ0v) is 7.43. The minimum absolute atomic E-state index is 0.264. The average Bonchev–Trinajstić information content (AvgIpc) is 2.33. The minimum atomic E-state index is -0.264. The molecule has 1 rings (SSSR count). The summed E-state index contributed by atoms with van der Waals surface area (Å²) in [7, 11) is 1.40. The fraction of sp³-hybridized carbons (Fsp3) is 0.667. The number of hydrogen-bond donors (Lipinski definition) is 1. The summed E-state index contributed by atoms with van der Waals surface area (Å²) >= 11 is 0. The Morgan fingerprint density at radius 2 is 2.33 bits per heavy atom. The van der Waals surface area contributed by atoms with Crippen molar-refractivity contribution in [2.75, 3.05) is 13.7 Å². The van der Waals surface area contributed by atoms with Crippen molar-refractivity contribution < 1.29 is 9.53 Å². The standard InChI is InChI=1S/C9H15NO2/c1-12-9(11)7-8-5-3-2-4-6-10-8/h7,10H,2-6H2,1H3/b8-7-. The number of ether oxygens (including phenoxy) is 1. The van der Waals surface area contributed by atoms with E-state index < -0.39 is 0 Å². The monoisotopic (exact) mass is 169 g/mol. The summed E-state index contributed by atoms with van der Waals surface area (Å²) in [5, 5.41) is 3.21. The van der Waals surface area contributed by atoms with Crippen LogP contribution in [0.5, 0.6) is 0 Å². The van der Waals surface area contributed by atoms with Crippen molar-refractivity contribution in [3.63, 3.8) is 0 Å². The fourth-order valence-corrected chi connectivity index (χ4v) is 1.28. The van der Waals surface area contributed by atoms with Gasteiger partial charge in [-0.15, -0.1) is 0 Å². The van der Waals surface area contributed by atoms with E-state index in [9.17, 15) is 4.79 Å². The number of carbonyl (C=O) groups excluding carboxylic acids is 1. The highest BCUT2D eigenvalue weighted by Gasteiger charge is 2.04. The summed E-state index contributed by atoms with van der Waals surface area (Å²) in [6.45, 7) is 0.975. The van der Waals surface area contributed by atoms with Crippen LogP contribution in [0.3, 0.4) is 0 Å². The Kier molecular flexibility index (Phi) is 3.64. The van der Waals surface area contributed by atoms with Gasteiger partial charge in [0.2, 0.25) is 0 Å². The molecule has 3 heteroatoms. The van der Waals surface area contributed by atoms with Crippen LogP contribution in [0.1, 0.15) is 25.7 Å². The molecule has 0 amide bonds. The molecule has 0 aliphatic carbocycles. The third-order valence-electron chi connectivity index (χ3n) is 1.97. The number of methoxy groups -OCH3 is 1. The van der Waals surface area contributed by atoms with Gasteiger partial charge < -0.3 is 10.1 Å². The predicted molar refractivity (Wildman–Crippen MR) is 46.6 cm³/mol. The maximum absolute atomic E-state index is 10.9. The van der Waals surface area contributed by atoms with Crippen molar-refractivity contribution in [3.8, 4) is 0 Å². The third kappa shape index (κ3) is 2.95. The van der Waals surface area contributed by atoms with Crippen LogP contribution in [0.4, 0.5) is 0 Å². The van der Waals surface area contributed by atoms with Gasteiger partial charge in [0, 0.05) is 18.3 Å². The van der Waals surface area contributed by atoms with E-state index in [4.69, 9.17) is 0 Å². The summed E-state index contributed by atoms with van der Waals surface area (Å²) in [6.07, 6.45) is 6.11. The number of esters is 1. The Labute approximate surface area is 72.8 Å². The molecule has 1 aliphatic rings. The lowest BCUT2D eigenvalue weighted by Crippen LogP contribution is -2.13. The maximum Gasteiger partial charge on any atom is 0.332 e. The van der Waals surface area contributed by atoms with E-state index >= 15 is 0 Å². The topological polar surface area (TPSA) is 38.3 Å². The van der Waals surface area contributed by atoms with Crippen LogP contribution in [0.25, 0.3) is 0 Å². The van der Waals surface area contributed by atoms with Crippen molar-refractivity contribution in [2.24, 2.45) is 0 Å². The molecule has 0 atom stereocenters. The molecule has 1 saturated heterocycles. The number of hydrogen-bond acceptors (Lipinski definition) is 3. The second-order valence-electron chi connectivity index (χ2n) is 2.93. The van der Waals surface area contributed by atoms with Gasteiger partial charge in [0.05, 0.1) is 7.11 Å². The molecule has 1 fully saturated rings. The van der Waals surface area contributed by atoms with E-state index in [1.54, 1.807) is 6.08 Å². The number of rotatable bonds is 1. The molecule has 1 aliphatic heterocycles. The number of carbonyl (C=O) groups is 1. The van der Waals surface area contributed by atoms with Gasteiger partial charge in [-0.05, 0) is 19.3 Å². The molecule has 0 spiro atoms. The Balaban J connectivity index is 2.47. The van der Waals surface area contributed by atoms with Crippen molar-refractivity contribution in [1.82, 2.24) is 5.32 Å². The highest BCUT2D eigenvalue weighted by atomic mass is 16.5. The molecule has 68 valence electrons. The largest absolute Gasteiger partial charge is 0.466 e. The highest BCUT2D eigenvalue weighted by molar-refractivity contribution is 5.82. The molecule has 0 saturated carbocycles.